The number of nitrogens with one attached hydrogen (secondary N) is 2. The van der Waals surface area contributed by atoms with Gasteiger partial charge in [0, 0.05) is 13.1 Å². The summed E-state index contributed by atoms with van der Waals surface area (Å²) in [6.07, 6.45) is 4.69. The summed E-state index contributed by atoms with van der Waals surface area (Å²) in [6.45, 7) is 7.41. The van der Waals surface area contributed by atoms with Crippen molar-refractivity contribution in [2.45, 2.75) is 53.0 Å². The molecule has 0 unspecified atom stereocenters. The summed E-state index contributed by atoms with van der Waals surface area (Å²) in [5, 5.41) is 3.19. The normalized spacial score (nSPS) is 16.8. The molecule has 0 bridgehead atoms. The van der Waals surface area contributed by atoms with Crippen molar-refractivity contribution in [3.05, 3.63) is 20.8 Å². The number of hydrogen-bond acceptors (Lipinski definition) is 4. The number of H-pyrrole nitrogens is 1. The van der Waals surface area contributed by atoms with Crippen molar-refractivity contribution in [1.29, 1.82) is 0 Å². The van der Waals surface area contributed by atoms with Crippen molar-refractivity contribution in [1.82, 2.24) is 9.55 Å². The van der Waals surface area contributed by atoms with Gasteiger partial charge < -0.3 is 11.1 Å². The van der Waals surface area contributed by atoms with Crippen LogP contribution in [0.4, 0.5) is 11.5 Å². The molecule has 1 aliphatic rings. The van der Waals surface area contributed by atoms with E-state index in [0.717, 1.165) is 13.0 Å². The smallest absolute Gasteiger partial charge is 0.330 e. The molecule has 1 aliphatic carbocycles. The van der Waals surface area contributed by atoms with Crippen molar-refractivity contribution >= 4 is 11.5 Å². The van der Waals surface area contributed by atoms with Crippen LogP contribution < -0.4 is 22.3 Å². The maximum absolute atomic E-state index is 12.0. The first-order valence-electron chi connectivity index (χ1n) is 7.75. The molecule has 0 amide bonds. The van der Waals surface area contributed by atoms with Crippen molar-refractivity contribution < 1.29 is 0 Å². The molecule has 0 aromatic carbocycles. The van der Waals surface area contributed by atoms with Crippen LogP contribution in [0.2, 0.25) is 0 Å². The van der Waals surface area contributed by atoms with Gasteiger partial charge in [0.05, 0.1) is 0 Å². The fraction of sp³-hybridized carbons (Fsp3) is 0.733. The molecule has 0 aliphatic heterocycles. The monoisotopic (exact) mass is 294 g/mol. The molecule has 1 heterocycles. The van der Waals surface area contributed by atoms with Gasteiger partial charge in [0.25, 0.3) is 5.56 Å². The van der Waals surface area contributed by atoms with Gasteiger partial charge in [-0.1, -0.05) is 27.2 Å². The molecular formula is C15H26N4O2. The zero-order valence-electron chi connectivity index (χ0n) is 13.2. The Morgan fingerprint density at radius 2 is 2.05 bits per heavy atom. The van der Waals surface area contributed by atoms with E-state index in [1.165, 1.54) is 23.8 Å². The van der Waals surface area contributed by atoms with Gasteiger partial charge in [0.1, 0.15) is 11.5 Å². The minimum atomic E-state index is -0.439. The molecule has 4 N–H and O–H groups in total. The van der Waals surface area contributed by atoms with Gasteiger partial charge in [-0.25, -0.2) is 4.79 Å². The van der Waals surface area contributed by atoms with Gasteiger partial charge in [0.2, 0.25) is 0 Å². The van der Waals surface area contributed by atoms with E-state index < -0.39 is 11.2 Å². The van der Waals surface area contributed by atoms with Crippen molar-refractivity contribution in [2.75, 3.05) is 17.6 Å². The van der Waals surface area contributed by atoms with E-state index >= 15 is 0 Å². The minimum absolute atomic E-state index is 0.239. The molecule has 0 atom stereocenters. The van der Waals surface area contributed by atoms with Crippen LogP contribution in [0.25, 0.3) is 0 Å². The summed E-state index contributed by atoms with van der Waals surface area (Å²) in [7, 11) is 0. The quantitative estimate of drug-likeness (QED) is 0.745. The Hall–Kier alpha value is -1.72. The van der Waals surface area contributed by atoms with E-state index in [4.69, 9.17) is 5.73 Å². The summed E-state index contributed by atoms with van der Waals surface area (Å²) in [5.74, 6) is 0.514. The van der Waals surface area contributed by atoms with Crippen molar-refractivity contribution in [2.24, 2.45) is 11.3 Å². The maximum Gasteiger partial charge on any atom is 0.330 e. The molecule has 6 heteroatoms. The molecule has 1 aromatic heterocycles. The van der Waals surface area contributed by atoms with Gasteiger partial charge in [-0.3, -0.25) is 14.3 Å². The fourth-order valence-corrected chi connectivity index (χ4v) is 2.91. The third-order valence-electron chi connectivity index (χ3n) is 4.59. The molecule has 0 saturated heterocycles. The van der Waals surface area contributed by atoms with Crippen molar-refractivity contribution in [3.8, 4) is 0 Å². The third-order valence-corrected chi connectivity index (χ3v) is 4.59. The van der Waals surface area contributed by atoms with Crippen LogP contribution >= 0.6 is 0 Å². The maximum atomic E-state index is 12.0. The highest BCUT2D eigenvalue weighted by atomic mass is 16.2. The highest BCUT2D eigenvalue weighted by molar-refractivity contribution is 5.60. The molecule has 1 saturated carbocycles. The number of rotatable bonds is 6. The summed E-state index contributed by atoms with van der Waals surface area (Å²) >= 11 is 0. The Morgan fingerprint density at radius 1 is 1.38 bits per heavy atom. The number of aromatic nitrogens is 2. The second-order valence-corrected chi connectivity index (χ2v) is 6.58. The van der Waals surface area contributed by atoms with E-state index in [9.17, 15) is 9.59 Å². The van der Waals surface area contributed by atoms with Crippen molar-refractivity contribution in [3.63, 3.8) is 0 Å². The predicted molar refractivity (Wildman–Crippen MR) is 85.6 cm³/mol. The largest absolute Gasteiger partial charge is 0.383 e. The second-order valence-electron chi connectivity index (χ2n) is 6.58. The zero-order chi connectivity index (χ0) is 15.6. The summed E-state index contributed by atoms with van der Waals surface area (Å²) in [4.78, 5) is 26.2. The van der Waals surface area contributed by atoms with E-state index in [0.29, 0.717) is 12.2 Å². The highest BCUT2D eigenvalue weighted by Crippen LogP contribution is 2.43. The lowest BCUT2D eigenvalue weighted by atomic mass is 9.67. The lowest BCUT2D eigenvalue weighted by Gasteiger charge is -2.41. The topological polar surface area (TPSA) is 92.9 Å². The van der Waals surface area contributed by atoms with Crippen LogP contribution in [0.5, 0.6) is 0 Å². The average Bonchev–Trinajstić information content (AvgIpc) is 2.36. The SMILES string of the molecule is CCC1(CNc2c(N)n(CC(C)C)c(=O)[nH]c2=O)CCC1. The number of anilines is 2. The molecule has 21 heavy (non-hydrogen) atoms. The van der Waals surface area contributed by atoms with Crippen LogP contribution in [-0.2, 0) is 6.54 Å². The molecule has 0 spiro atoms. The fourth-order valence-electron chi connectivity index (χ4n) is 2.91. The summed E-state index contributed by atoms with van der Waals surface area (Å²) < 4.78 is 1.44. The predicted octanol–water partition coefficient (Wildman–Crippen LogP) is 1.77. The lowest BCUT2D eigenvalue weighted by Crippen LogP contribution is -2.39. The van der Waals surface area contributed by atoms with Gasteiger partial charge in [0.15, 0.2) is 0 Å². The Morgan fingerprint density at radius 3 is 2.52 bits per heavy atom. The van der Waals surface area contributed by atoms with Crippen LogP contribution in [0.3, 0.4) is 0 Å². The second kappa shape index (κ2) is 5.95. The Kier molecular flexibility index (Phi) is 4.44. The van der Waals surface area contributed by atoms with Gasteiger partial charge in [-0.15, -0.1) is 0 Å². The number of hydrogen-bond donors (Lipinski definition) is 3. The van der Waals surface area contributed by atoms with Gasteiger partial charge in [-0.05, 0) is 30.6 Å². The van der Waals surface area contributed by atoms with Gasteiger partial charge in [-0.2, -0.15) is 0 Å². The van der Waals surface area contributed by atoms with Crippen LogP contribution in [-0.4, -0.2) is 16.1 Å². The zero-order valence-corrected chi connectivity index (χ0v) is 13.2. The molecule has 0 radical (unpaired) electrons. The average molecular weight is 294 g/mol. The van der Waals surface area contributed by atoms with Crippen LogP contribution in [0, 0.1) is 11.3 Å². The summed E-state index contributed by atoms with van der Waals surface area (Å²) in [5.41, 5.74) is 5.78. The highest BCUT2D eigenvalue weighted by Gasteiger charge is 2.35. The molecule has 2 rings (SSSR count). The van der Waals surface area contributed by atoms with E-state index in [1.54, 1.807) is 0 Å². The molecule has 118 valence electrons. The van der Waals surface area contributed by atoms with E-state index in [-0.39, 0.29) is 17.2 Å². The molecular weight excluding hydrogens is 268 g/mol. The first-order valence-corrected chi connectivity index (χ1v) is 7.75. The summed E-state index contributed by atoms with van der Waals surface area (Å²) in [6, 6.07) is 0. The lowest BCUT2D eigenvalue weighted by molar-refractivity contribution is 0.145. The van der Waals surface area contributed by atoms with E-state index in [1.807, 2.05) is 13.8 Å². The number of nitrogen functional groups attached to an aromatic ring is 1. The number of nitrogens with zero attached hydrogens (tertiary/aromatic N) is 1. The van der Waals surface area contributed by atoms with Crippen LogP contribution in [0.1, 0.15) is 46.5 Å². The van der Waals surface area contributed by atoms with Crippen LogP contribution in [0.15, 0.2) is 9.59 Å². The number of aromatic amines is 1. The standard InChI is InChI=1S/C15H26N4O2/c1-4-15(6-5-7-15)9-17-11-12(16)19(8-10(2)3)14(21)18-13(11)20/h10,17H,4-9,16H2,1-3H3,(H,18,20,21). The minimum Gasteiger partial charge on any atom is -0.383 e. The first kappa shape index (κ1) is 15.7. The molecule has 1 fully saturated rings. The van der Waals surface area contributed by atoms with E-state index in [2.05, 4.69) is 17.2 Å². The van der Waals surface area contributed by atoms with Gasteiger partial charge >= 0.3 is 5.69 Å². The Labute approximate surface area is 124 Å². The third kappa shape index (κ3) is 3.14. The molecule has 6 nitrogen and oxygen atoms in total. The Balaban J connectivity index is 2.26. The Bertz CT molecular complexity index is 606. The number of nitrogens with two attached hydrogens (primary N) is 1. The molecule has 1 aromatic rings. The first-order chi connectivity index (χ1) is 9.88.